The second kappa shape index (κ2) is 4.66. The summed E-state index contributed by atoms with van der Waals surface area (Å²) in [5, 5.41) is 9.70. The summed E-state index contributed by atoms with van der Waals surface area (Å²) in [7, 11) is 0. The van der Waals surface area contributed by atoms with Gasteiger partial charge in [0.2, 0.25) is 0 Å². The lowest BCUT2D eigenvalue weighted by molar-refractivity contribution is 0.149. The highest BCUT2D eigenvalue weighted by atomic mass is 16.5. The zero-order chi connectivity index (χ0) is 12.3. The highest BCUT2D eigenvalue weighted by Crippen LogP contribution is 2.35. The van der Waals surface area contributed by atoms with Crippen LogP contribution in [0.3, 0.4) is 0 Å². The summed E-state index contributed by atoms with van der Waals surface area (Å²) >= 11 is 0. The van der Waals surface area contributed by atoms with Gasteiger partial charge in [0.25, 0.3) is 0 Å². The highest BCUT2D eigenvalue weighted by Gasteiger charge is 2.27. The van der Waals surface area contributed by atoms with Crippen molar-refractivity contribution in [3.63, 3.8) is 0 Å². The van der Waals surface area contributed by atoms with E-state index in [-0.39, 0.29) is 5.41 Å². The van der Waals surface area contributed by atoms with Gasteiger partial charge < -0.3 is 9.84 Å². The van der Waals surface area contributed by atoms with Crippen LogP contribution >= 0.6 is 0 Å². The van der Waals surface area contributed by atoms with Crippen LogP contribution in [0.5, 0.6) is 0 Å². The average Bonchev–Trinajstić information content (AvgIpc) is 2.32. The molecule has 1 aromatic rings. The van der Waals surface area contributed by atoms with Gasteiger partial charge in [0, 0.05) is 11.8 Å². The molecule has 0 radical (unpaired) electrons. The zero-order valence-corrected chi connectivity index (χ0v) is 10.3. The fourth-order valence-corrected chi connectivity index (χ4v) is 1.83. The second-order valence-electron chi connectivity index (χ2n) is 5.02. The van der Waals surface area contributed by atoms with Crippen LogP contribution in [0.4, 0.5) is 0 Å². The maximum absolute atomic E-state index is 9.70. The lowest BCUT2D eigenvalue weighted by Gasteiger charge is -2.28. The lowest BCUT2D eigenvalue weighted by Crippen LogP contribution is -2.19. The van der Waals surface area contributed by atoms with Gasteiger partial charge in [-0.3, -0.25) is 0 Å². The van der Waals surface area contributed by atoms with Crippen molar-refractivity contribution in [1.82, 2.24) is 0 Å². The molecule has 0 spiro atoms. The van der Waals surface area contributed by atoms with Crippen molar-refractivity contribution in [2.24, 2.45) is 5.41 Å². The first-order valence-electron chi connectivity index (χ1n) is 5.85. The molecule has 0 fully saturated rings. The molecule has 1 aliphatic carbocycles. The van der Waals surface area contributed by atoms with Crippen molar-refractivity contribution < 1.29 is 9.84 Å². The summed E-state index contributed by atoms with van der Waals surface area (Å²) in [5.74, 6) is 1.35. The van der Waals surface area contributed by atoms with E-state index in [4.69, 9.17) is 4.74 Å². The van der Waals surface area contributed by atoms with Crippen molar-refractivity contribution in [1.29, 1.82) is 0 Å². The molecule has 0 bridgehead atoms. The number of hydrogen-bond donors (Lipinski definition) is 1. The quantitative estimate of drug-likeness (QED) is 0.851. The molecule has 90 valence electrons. The molecule has 1 N–H and O–H groups in total. The van der Waals surface area contributed by atoms with E-state index in [2.05, 4.69) is 0 Å². The molecule has 2 nitrogen and oxygen atoms in total. The van der Waals surface area contributed by atoms with Gasteiger partial charge in [-0.2, -0.15) is 0 Å². The van der Waals surface area contributed by atoms with Crippen LogP contribution in [0.2, 0.25) is 0 Å². The van der Waals surface area contributed by atoms with Gasteiger partial charge in [-0.05, 0) is 17.7 Å². The molecule has 0 unspecified atom stereocenters. The molecular formula is C15H18O2. The van der Waals surface area contributed by atoms with E-state index < -0.39 is 0 Å². The standard InChI is InChI=1S/C15H18O2/c1-15(2)10-13(8-9-14(15)16)17-11-12-6-4-3-5-7-12/h3-9,16H,10-11H2,1-2H3. The summed E-state index contributed by atoms with van der Waals surface area (Å²) in [5.41, 5.74) is 0.936. The van der Waals surface area contributed by atoms with Crippen LogP contribution in [0, 0.1) is 5.41 Å². The Morgan fingerprint density at radius 2 is 1.88 bits per heavy atom. The average molecular weight is 230 g/mol. The molecule has 0 aliphatic heterocycles. The molecule has 0 saturated heterocycles. The summed E-state index contributed by atoms with van der Waals surface area (Å²) in [6, 6.07) is 10.1. The molecule has 1 aliphatic rings. The summed E-state index contributed by atoms with van der Waals surface area (Å²) in [4.78, 5) is 0. The maximum Gasteiger partial charge on any atom is 0.113 e. The van der Waals surface area contributed by atoms with Gasteiger partial charge in [-0.25, -0.2) is 0 Å². The Morgan fingerprint density at radius 1 is 1.18 bits per heavy atom. The number of hydrogen-bond acceptors (Lipinski definition) is 2. The zero-order valence-electron chi connectivity index (χ0n) is 10.3. The minimum atomic E-state index is -0.221. The van der Waals surface area contributed by atoms with Crippen molar-refractivity contribution in [2.75, 3.05) is 0 Å². The summed E-state index contributed by atoms with van der Waals surface area (Å²) in [6.07, 6.45) is 4.31. The largest absolute Gasteiger partial charge is 0.512 e. The molecule has 0 atom stereocenters. The van der Waals surface area contributed by atoms with Gasteiger partial charge in [0.15, 0.2) is 0 Å². The predicted octanol–water partition coefficient (Wildman–Crippen LogP) is 3.96. The van der Waals surface area contributed by atoms with Gasteiger partial charge in [0.05, 0.1) is 11.5 Å². The van der Waals surface area contributed by atoms with E-state index >= 15 is 0 Å². The molecule has 0 aromatic heterocycles. The number of aliphatic hydroxyl groups is 1. The van der Waals surface area contributed by atoms with Crippen molar-refractivity contribution in [3.05, 3.63) is 59.6 Å². The van der Waals surface area contributed by atoms with E-state index in [1.54, 1.807) is 6.08 Å². The van der Waals surface area contributed by atoms with Crippen LogP contribution in [-0.2, 0) is 11.3 Å². The highest BCUT2D eigenvalue weighted by molar-refractivity contribution is 5.23. The van der Waals surface area contributed by atoms with Crippen LogP contribution in [0.25, 0.3) is 0 Å². The van der Waals surface area contributed by atoms with Crippen LogP contribution in [0.15, 0.2) is 54.0 Å². The number of allylic oxidation sites excluding steroid dienone is 4. The maximum atomic E-state index is 9.70. The minimum absolute atomic E-state index is 0.221. The Morgan fingerprint density at radius 3 is 2.53 bits per heavy atom. The van der Waals surface area contributed by atoms with Crippen LogP contribution < -0.4 is 0 Å². The van der Waals surface area contributed by atoms with Crippen molar-refractivity contribution in [3.8, 4) is 0 Å². The Balaban J connectivity index is 1.98. The Labute approximate surface area is 102 Å². The summed E-state index contributed by atoms with van der Waals surface area (Å²) in [6.45, 7) is 4.60. The number of aliphatic hydroxyl groups excluding tert-OH is 1. The third-order valence-corrected chi connectivity index (χ3v) is 3.00. The number of rotatable bonds is 3. The van der Waals surface area contributed by atoms with Gasteiger partial charge >= 0.3 is 0 Å². The van der Waals surface area contributed by atoms with Gasteiger partial charge in [0.1, 0.15) is 6.61 Å². The predicted molar refractivity (Wildman–Crippen MR) is 68.4 cm³/mol. The molecule has 0 saturated carbocycles. The molecule has 0 amide bonds. The number of ether oxygens (including phenoxy) is 1. The first-order valence-corrected chi connectivity index (χ1v) is 5.85. The van der Waals surface area contributed by atoms with E-state index in [1.165, 1.54) is 0 Å². The Bertz CT molecular complexity index is 441. The fraction of sp³-hybridized carbons (Fsp3) is 0.333. The monoisotopic (exact) mass is 230 g/mol. The van der Waals surface area contributed by atoms with Crippen molar-refractivity contribution in [2.45, 2.75) is 26.9 Å². The lowest BCUT2D eigenvalue weighted by atomic mass is 9.83. The molecule has 1 aromatic carbocycles. The normalized spacial score (nSPS) is 18.2. The fourth-order valence-electron chi connectivity index (χ4n) is 1.83. The summed E-state index contributed by atoms with van der Waals surface area (Å²) < 4.78 is 5.76. The van der Waals surface area contributed by atoms with E-state index in [0.29, 0.717) is 12.4 Å². The molecule has 2 heteroatoms. The van der Waals surface area contributed by atoms with Crippen LogP contribution in [-0.4, -0.2) is 5.11 Å². The second-order valence-corrected chi connectivity index (χ2v) is 5.02. The third kappa shape index (κ3) is 2.90. The van der Waals surface area contributed by atoms with E-state index in [9.17, 15) is 5.11 Å². The van der Waals surface area contributed by atoms with Crippen molar-refractivity contribution >= 4 is 0 Å². The van der Waals surface area contributed by atoms with Crippen LogP contribution in [0.1, 0.15) is 25.8 Å². The first kappa shape index (κ1) is 11.8. The van der Waals surface area contributed by atoms with Gasteiger partial charge in [-0.1, -0.05) is 44.2 Å². The SMILES string of the molecule is CC1(C)CC(OCc2ccccc2)=CC=C1O. The Hall–Kier alpha value is -1.70. The molecule has 0 heterocycles. The minimum Gasteiger partial charge on any atom is -0.512 e. The molecule has 17 heavy (non-hydrogen) atoms. The third-order valence-electron chi connectivity index (χ3n) is 3.00. The number of benzene rings is 1. The molecule has 2 rings (SSSR count). The topological polar surface area (TPSA) is 29.5 Å². The first-order chi connectivity index (χ1) is 8.08. The van der Waals surface area contributed by atoms with Gasteiger partial charge in [-0.15, -0.1) is 0 Å². The smallest absolute Gasteiger partial charge is 0.113 e. The Kier molecular flexibility index (Phi) is 3.23. The van der Waals surface area contributed by atoms with E-state index in [0.717, 1.165) is 17.7 Å². The van der Waals surface area contributed by atoms with E-state index in [1.807, 2.05) is 50.3 Å². The molecular weight excluding hydrogens is 212 g/mol.